The smallest absolute Gasteiger partial charge is 0.383 e. The predicted octanol–water partition coefficient (Wildman–Crippen LogP) is 0.659. The Morgan fingerprint density at radius 3 is 2.46 bits per heavy atom. The van der Waals surface area contributed by atoms with Crippen molar-refractivity contribution in [1.29, 1.82) is 0 Å². The molecule has 0 fully saturated rings. The molecular formula is C6H11F3N2OS. The highest BCUT2D eigenvalue weighted by molar-refractivity contribution is 7.80. The maximum Gasteiger partial charge on any atom is 0.405 e. The van der Waals surface area contributed by atoms with Gasteiger partial charge in [-0.1, -0.05) is 0 Å². The van der Waals surface area contributed by atoms with Crippen LogP contribution >= 0.6 is 12.2 Å². The van der Waals surface area contributed by atoms with Crippen molar-refractivity contribution < 1.29 is 17.9 Å². The zero-order chi connectivity index (χ0) is 10.3. The molecule has 0 aliphatic rings. The first kappa shape index (κ1) is 12.4. The number of methoxy groups -OCH3 is 1. The van der Waals surface area contributed by atoms with E-state index in [0.29, 0.717) is 13.2 Å². The SMILES string of the molecule is COCCNC(=S)NCC(F)(F)F. The maximum absolute atomic E-state index is 11.6. The average molecular weight is 216 g/mol. The highest BCUT2D eigenvalue weighted by Crippen LogP contribution is 2.11. The summed E-state index contributed by atoms with van der Waals surface area (Å²) >= 11 is 4.56. The van der Waals surface area contributed by atoms with E-state index in [1.54, 1.807) is 0 Å². The summed E-state index contributed by atoms with van der Waals surface area (Å²) in [6.07, 6.45) is -4.24. The fourth-order valence-electron chi connectivity index (χ4n) is 0.510. The standard InChI is InChI=1S/C6H11F3N2OS/c1-12-3-2-10-5(13)11-4-6(7,8)9/h2-4H2,1H3,(H2,10,11,13). The molecule has 0 saturated carbocycles. The van der Waals surface area contributed by atoms with Gasteiger partial charge in [0.2, 0.25) is 0 Å². The van der Waals surface area contributed by atoms with Gasteiger partial charge < -0.3 is 15.4 Å². The van der Waals surface area contributed by atoms with Gasteiger partial charge in [0, 0.05) is 13.7 Å². The Morgan fingerprint density at radius 1 is 1.38 bits per heavy atom. The molecule has 0 aliphatic heterocycles. The van der Waals surface area contributed by atoms with Gasteiger partial charge in [-0.2, -0.15) is 13.2 Å². The number of halogens is 3. The molecule has 0 unspecified atom stereocenters. The summed E-state index contributed by atoms with van der Waals surface area (Å²) in [5, 5.41) is 4.55. The lowest BCUT2D eigenvalue weighted by atomic mass is 10.6. The first-order valence-electron chi connectivity index (χ1n) is 3.53. The Labute approximate surface area is 79.6 Å². The van der Waals surface area contributed by atoms with E-state index < -0.39 is 12.7 Å². The van der Waals surface area contributed by atoms with Crippen molar-refractivity contribution in [3.63, 3.8) is 0 Å². The summed E-state index contributed by atoms with van der Waals surface area (Å²) in [5.74, 6) is 0. The van der Waals surface area contributed by atoms with Crippen LogP contribution in [0.3, 0.4) is 0 Å². The van der Waals surface area contributed by atoms with Gasteiger partial charge in [0.25, 0.3) is 0 Å². The predicted molar refractivity (Wildman–Crippen MR) is 46.5 cm³/mol. The van der Waals surface area contributed by atoms with Crippen molar-refractivity contribution in [2.45, 2.75) is 6.18 Å². The van der Waals surface area contributed by atoms with Crippen LogP contribution in [0.15, 0.2) is 0 Å². The molecule has 0 rings (SSSR count). The van der Waals surface area contributed by atoms with Crippen LogP contribution in [0.2, 0.25) is 0 Å². The van der Waals surface area contributed by atoms with Crippen LogP contribution in [0.1, 0.15) is 0 Å². The van der Waals surface area contributed by atoms with Crippen molar-refractivity contribution in [3.05, 3.63) is 0 Å². The van der Waals surface area contributed by atoms with Gasteiger partial charge in [-0.25, -0.2) is 0 Å². The van der Waals surface area contributed by atoms with Crippen LogP contribution in [0.5, 0.6) is 0 Å². The van der Waals surface area contributed by atoms with E-state index >= 15 is 0 Å². The second-order valence-electron chi connectivity index (χ2n) is 2.22. The summed E-state index contributed by atoms with van der Waals surface area (Å²) in [6, 6.07) is 0. The second-order valence-corrected chi connectivity index (χ2v) is 2.63. The highest BCUT2D eigenvalue weighted by Gasteiger charge is 2.26. The van der Waals surface area contributed by atoms with E-state index in [9.17, 15) is 13.2 Å². The molecule has 13 heavy (non-hydrogen) atoms. The van der Waals surface area contributed by atoms with Gasteiger partial charge in [-0.3, -0.25) is 0 Å². The third-order valence-electron chi connectivity index (χ3n) is 1.04. The summed E-state index contributed by atoms with van der Waals surface area (Å²) in [6.45, 7) is -0.333. The summed E-state index contributed by atoms with van der Waals surface area (Å²) in [4.78, 5) is 0. The molecule has 3 nitrogen and oxygen atoms in total. The average Bonchev–Trinajstić information content (AvgIpc) is 2.00. The molecule has 0 aromatic rings. The minimum absolute atomic E-state index is 0.0191. The minimum atomic E-state index is -4.24. The lowest BCUT2D eigenvalue weighted by molar-refractivity contribution is -0.122. The van der Waals surface area contributed by atoms with Crippen molar-refractivity contribution in [2.24, 2.45) is 0 Å². The molecule has 0 heterocycles. The molecule has 0 amide bonds. The molecule has 0 saturated heterocycles. The van der Waals surface area contributed by atoms with Crippen LogP contribution in [-0.2, 0) is 4.74 Å². The summed E-state index contributed by atoms with van der Waals surface area (Å²) < 4.78 is 39.6. The first-order chi connectivity index (χ1) is 5.95. The van der Waals surface area contributed by atoms with Crippen molar-refractivity contribution in [2.75, 3.05) is 26.8 Å². The molecular weight excluding hydrogens is 205 g/mol. The van der Waals surface area contributed by atoms with Gasteiger partial charge in [-0.15, -0.1) is 0 Å². The Bertz CT molecular complexity index is 162. The Morgan fingerprint density at radius 2 is 2.00 bits per heavy atom. The van der Waals surface area contributed by atoms with Crippen molar-refractivity contribution in [3.8, 4) is 0 Å². The van der Waals surface area contributed by atoms with Crippen molar-refractivity contribution >= 4 is 17.3 Å². The zero-order valence-electron chi connectivity index (χ0n) is 7.07. The number of nitrogens with one attached hydrogen (secondary N) is 2. The number of rotatable bonds is 4. The molecule has 0 spiro atoms. The number of alkyl halides is 3. The first-order valence-corrected chi connectivity index (χ1v) is 3.94. The fourth-order valence-corrected chi connectivity index (χ4v) is 0.684. The summed E-state index contributed by atoms with van der Waals surface area (Å²) in [5.41, 5.74) is 0. The number of hydrogen-bond donors (Lipinski definition) is 2. The van der Waals surface area contributed by atoms with E-state index in [2.05, 4.69) is 22.3 Å². The van der Waals surface area contributed by atoms with Gasteiger partial charge in [-0.05, 0) is 12.2 Å². The highest BCUT2D eigenvalue weighted by atomic mass is 32.1. The van der Waals surface area contributed by atoms with Gasteiger partial charge in [0.05, 0.1) is 6.61 Å². The maximum atomic E-state index is 11.6. The molecule has 0 aliphatic carbocycles. The zero-order valence-corrected chi connectivity index (χ0v) is 7.89. The molecule has 0 aromatic carbocycles. The molecule has 7 heteroatoms. The Hall–Kier alpha value is -0.560. The van der Waals surface area contributed by atoms with E-state index in [1.165, 1.54) is 7.11 Å². The van der Waals surface area contributed by atoms with Crippen LogP contribution in [-0.4, -0.2) is 38.1 Å². The molecule has 78 valence electrons. The topological polar surface area (TPSA) is 33.3 Å². The lowest BCUT2D eigenvalue weighted by Gasteiger charge is -2.11. The molecule has 0 bridgehead atoms. The van der Waals surface area contributed by atoms with Gasteiger partial charge in [0.1, 0.15) is 6.54 Å². The van der Waals surface area contributed by atoms with E-state index in [1.807, 2.05) is 5.32 Å². The van der Waals surface area contributed by atoms with Gasteiger partial charge in [0.15, 0.2) is 5.11 Å². The monoisotopic (exact) mass is 216 g/mol. The number of thiocarbonyl (C=S) groups is 1. The number of ether oxygens (including phenoxy) is 1. The number of hydrogen-bond acceptors (Lipinski definition) is 2. The van der Waals surface area contributed by atoms with Crippen LogP contribution in [0.25, 0.3) is 0 Å². The quantitative estimate of drug-likeness (QED) is 0.534. The van der Waals surface area contributed by atoms with Crippen molar-refractivity contribution in [1.82, 2.24) is 10.6 Å². The normalized spacial score (nSPS) is 11.1. The van der Waals surface area contributed by atoms with E-state index in [-0.39, 0.29) is 5.11 Å². The van der Waals surface area contributed by atoms with Crippen LogP contribution < -0.4 is 10.6 Å². The third kappa shape index (κ3) is 9.35. The van der Waals surface area contributed by atoms with E-state index in [0.717, 1.165) is 0 Å². The Balaban J connectivity index is 3.41. The van der Waals surface area contributed by atoms with Crippen LogP contribution in [0, 0.1) is 0 Å². The molecule has 0 aromatic heterocycles. The fraction of sp³-hybridized carbons (Fsp3) is 0.833. The second kappa shape index (κ2) is 5.98. The Kier molecular flexibility index (Phi) is 5.72. The minimum Gasteiger partial charge on any atom is -0.383 e. The summed E-state index contributed by atoms with van der Waals surface area (Å²) in [7, 11) is 1.49. The molecule has 2 N–H and O–H groups in total. The van der Waals surface area contributed by atoms with Crippen LogP contribution in [0.4, 0.5) is 13.2 Å². The lowest BCUT2D eigenvalue weighted by Crippen LogP contribution is -2.41. The third-order valence-corrected chi connectivity index (χ3v) is 1.33. The largest absolute Gasteiger partial charge is 0.405 e. The molecule has 0 radical (unpaired) electrons. The van der Waals surface area contributed by atoms with E-state index in [4.69, 9.17) is 0 Å². The molecule has 0 atom stereocenters. The van der Waals surface area contributed by atoms with Gasteiger partial charge >= 0.3 is 6.18 Å².